The Morgan fingerprint density at radius 3 is 2.52 bits per heavy atom. The third-order valence-corrected chi connectivity index (χ3v) is 4.16. The Balaban J connectivity index is 1.35. The highest BCUT2D eigenvalue weighted by Gasteiger charge is 2.13. The number of ether oxygens (including phenoxy) is 2. The second-order valence-corrected chi connectivity index (χ2v) is 6.08. The summed E-state index contributed by atoms with van der Waals surface area (Å²) >= 11 is 0. The van der Waals surface area contributed by atoms with Crippen molar-refractivity contribution in [2.75, 3.05) is 17.4 Å². The van der Waals surface area contributed by atoms with Crippen molar-refractivity contribution in [3.63, 3.8) is 0 Å². The van der Waals surface area contributed by atoms with Gasteiger partial charge in [-0.2, -0.15) is 0 Å². The van der Waals surface area contributed by atoms with Crippen molar-refractivity contribution in [3.05, 3.63) is 83.7 Å². The van der Waals surface area contributed by atoms with E-state index in [-0.39, 0.29) is 18.3 Å². The summed E-state index contributed by atoms with van der Waals surface area (Å²) in [6, 6.07) is 18.7. The number of halogens is 1. The maximum absolute atomic E-state index is 13.2. The molecule has 3 aromatic rings. The molecule has 0 spiro atoms. The Labute approximate surface area is 155 Å². The number of hydrogen-bond acceptors (Lipinski definition) is 4. The largest absolute Gasteiger partial charge is 0.454 e. The number of rotatable bonds is 5. The molecule has 0 unspecified atom stereocenters. The molecule has 2 N–H and O–H groups in total. The van der Waals surface area contributed by atoms with Gasteiger partial charge in [0.1, 0.15) is 5.82 Å². The fraction of sp³-hybridized carbons (Fsp3) is 0.0952. The van der Waals surface area contributed by atoms with Crippen LogP contribution >= 0.6 is 0 Å². The fourth-order valence-electron chi connectivity index (χ4n) is 2.76. The molecule has 6 heteroatoms. The summed E-state index contributed by atoms with van der Waals surface area (Å²) in [7, 11) is 0. The topological polar surface area (TPSA) is 59.6 Å². The molecular weight excluding hydrogens is 347 g/mol. The van der Waals surface area contributed by atoms with Crippen molar-refractivity contribution in [3.8, 4) is 11.5 Å². The van der Waals surface area contributed by atoms with E-state index in [9.17, 15) is 9.18 Å². The minimum atomic E-state index is -0.439. The van der Waals surface area contributed by atoms with Gasteiger partial charge in [0.25, 0.3) is 5.91 Å². The van der Waals surface area contributed by atoms with Crippen molar-refractivity contribution in [1.82, 2.24) is 0 Å². The molecule has 27 heavy (non-hydrogen) atoms. The number of benzene rings is 3. The smallest absolute Gasteiger partial charge is 0.255 e. The Bertz CT molecular complexity index is 973. The lowest BCUT2D eigenvalue weighted by Crippen LogP contribution is -2.12. The highest BCUT2D eigenvalue weighted by Crippen LogP contribution is 2.32. The number of amides is 1. The fourth-order valence-corrected chi connectivity index (χ4v) is 2.76. The predicted octanol–water partition coefficient (Wildman–Crippen LogP) is 4.42. The number of carbonyl (C=O) groups is 1. The molecule has 0 atom stereocenters. The van der Waals surface area contributed by atoms with E-state index in [4.69, 9.17) is 9.47 Å². The third-order valence-electron chi connectivity index (χ3n) is 4.16. The van der Waals surface area contributed by atoms with Crippen molar-refractivity contribution >= 4 is 17.3 Å². The zero-order valence-corrected chi connectivity index (χ0v) is 14.4. The normalized spacial score (nSPS) is 11.9. The van der Waals surface area contributed by atoms with Crippen molar-refractivity contribution < 1.29 is 18.7 Å². The average molecular weight is 364 g/mol. The molecule has 0 radical (unpaired) electrons. The quantitative estimate of drug-likeness (QED) is 0.704. The molecule has 1 aliphatic heterocycles. The van der Waals surface area contributed by atoms with Crippen LogP contribution in [0.2, 0.25) is 0 Å². The Hall–Kier alpha value is -3.54. The van der Waals surface area contributed by atoms with E-state index in [0.717, 1.165) is 22.7 Å². The summed E-state index contributed by atoms with van der Waals surface area (Å²) < 4.78 is 23.9. The van der Waals surface area contributed by atoms with E-state index in [2.05, 4.69) is 10.6 Å². The van der Waals surface area contributed by atoms with Crippen molar-refractivity contribution in [2.24, 2.45) is 0 Å². The lowest BCUT2D eigenvalue weighted by molar-refractivity contribution is 0.102. The van der Waals surface area contributed by atoms with Gasteiger partial charge in [-0.15, -0.1) is 0 Å². The van der Waals surface area contributed by atoms with Crippen LogP contribution in [0.15, 0.2) is 66.7 Å². The molecule has 0 fully saturated rings. The molecule has 1 amide bonds. The molecule has 0 saturated heterocycles. The zero-order valence-electron chi connectivity index (χ0n) is 14.4. The van der Waals surface area contributed by atoms with Crippen LogP contribution in [-0.2, 0) is 6.54 Å². The van der Waals surface area contributed by atoms with E-state index in [1.54, 1.807) is 18.2 Å². The zero-order chi connectivity index (χ0) is 18.6. The number of hydrogen-bond donors (Lipinski definition) is 2. The molecule has 0 bridgehead atoms. The van der Waals surface area contributed by atoms with Gasteiger partial charge in [-0.1, -0.05) is 12.1 Å². The highest BCUT2D eigenvalue weighted by atomic mass is 19.1. The molecule has 0 saturated carbocycles. The van der Waals surface area contributed by atoms with Crippen molar-refractivity contribution in [2.45, 2.75) is 6.54 Å². The molecular formula is C21H17FN2O3. The molecule has 3 aromatic carbocycles. The first-order valence-corrected chi connectivity index (χ1v) is 8.47. The Kier molecular flexibility index (Phi) is 4.61. The van der Waals surface area contributed by atoms with Gasteiger partial charge in [0.2, 0.25) is 6.79 Å². The van der Waals surface area contributed by atoms with Gasteiger partial charge in [0.15, 0.2) is 11.5 Å². The van der Waals surface area contributed by atoms with Crippen molar-refractivity contribution in [1.29, 1.82) is 0 Å². The van der Waals surface area contributed by atoms with E-state index >= 15 is 0 Å². The van der Waals surface area contributed by atoms with Gasteiger partial charge >= 0.3 is 0 Å². The number of fused-ring (bicyclic) bond motifs is 1. The van der Waals surface area contributed by atoms with E-state index in [1.807, 2.05) is 30.3 Å². The maximum Gasteiger partial charge on any atom is 0.255 e. The highest BCUT2D eigenvalue weighted by molar-refractivity contribution is 6.04. The molecule has 1 heterocycles. The lowest BCUT2D eigenvalue weighted by Gasteiger charge is -2.09. The first-order valence-electron chi connectivity index (χ1n) is 8.47. The van der Waals surface area contributed by atoms with Gasteiger partial charge in [-0.05, 0) is 60.2 Å². The first-order chi connectivity index (χ1) is 13.2. The van der Waals surface area contributed by atoms with Gasteiger partial charge in [-0.3, -0.25) is 4.79 Å². The Morgan fingerprint density at radius 1 is 0.926 bits per heavy atom. The number of anilines is 2. The summed E-state index contributed by atoms with van der Waals surface area (Å²) in [6.45, 7) is 0.890. The van der Waals surface area contributed by atoms with Gasteiger partial charge < -0.3 is 20.1 Å². The van der Waals surface area contributed by atoms with Crippen LogP contribution in [0, 0.1) is 5.82 Å². The molecule has 5 nitrogen and oxygen atoms in total. The Morgan fingerprint density at radius 2 is 1.70 bits per heavy atom. The minimum absolute atomic E-state index is 0.259. The lowest BCUT2D eigenvalue weighted by atomic mass is 10.2. The minimum Gasteiger partial charge on any atom is -0.454 e. The van der Waals surface area contributed by atoms with E-state index in [0.29, 0.717) is 12.2 Å². The van der Waals surface area contributed by atoms with Gasteiger partial charge in [-0.25, -0.2) is 4.39 Å². The van der Waals surface area contributed by atoms with Crippen LogP contribution in [-0.4, -0.2) is 12.7 Å². The van der Waals surface area contributed by atoms with Crippen LogP contribution in [0.3, 0.4) is 0 Å². The second-order valence-electron chi connectivity index (χ2n) is 6.08. The van der Waals surface area contributed by atoms with Crippen LogP contribution in [0.5, 0.6) is 11.5 Å². The summed E-state index contributed by atoms with van der Waals surface area (Å²) in [5.74, 6) is 0.725. The van der Waals surface area contributed by atoms with Crippen LogP contribution in [0.1, 0.15) is 15.9 Å². The summed E-state index contributed by atoms with van der Waals surface area (Å²) in [5.41, 5.74) is 2.90. The summed E-state index contributed by atoms with van der Waals surface area (Å²) in [5, 5.41) is 6.06. The third kappa shape index (κ3) is 4.00. The predicted molar refractivity (Wildman–Crippen MR) is 101 cm³/mol. The van der Waals surface area contributed by atoms with Gasteiger partial charge in [0.05, 0.1) is 0 Å². The maximum atomic E-state index is 13.2. The molecule has 0 aliphatic carbocycles. The van der Waals surface area contributed by atoms with Crippen LogP contribution in [0.25, 0.3) is 0 Å². The number of carbonyl (C=O) groups excluding carboxylic acids is 1. The summed E-state index contributed by atoms with van der Waals surface area (Å²) in [4.78, 5) is 12.1. The molecule has 0 aromatic heterocycles. The van der Waals surface area contributed by atoms with Crippen LogP contribution in [0.4, 0.5) is 15.8 Å². The van der Waals surface area contributed by atoms with Crippen LogP contribution < -0.4 is 20.1 Å². The molecule has 136 valence electrons. The summed E-state index contributed by atoms with van der Waals surface area (Å²) in [6.07, 6.45) is 0. The number of nitrogens with one attached hydrogen (secondary N) is 2. The first kappa shape index (κ1) is 16.9. The molecule has 4 rings (SSSR count). The van der Waals surface area contributed by atoms with E-state index in [1.165, 1.54) is 18.2 Å². The second kappa shape index (κ2) is 7.37. The SMILES string of the molecule is O=C(Nc1ccc(NCc2ccc3c(c2)OCO3)cc1)c1cccc(F)c1. The molecule has 1 aliphatic rings. The van der Waals surface area contributed by atoms with E-state index < -0.39 is 5.82 Å². The monoisotopic (exact) mass is 364 g/mol. The average Bonchev–Trinajstić information content (AvgIpc) is 3.15. The van der Waals surface area contributed by atoms with Gasteiger partial charge in [0, 0.05) is 23.5 Å². The standard InChI is InChI=1S/C21H17FN2O3/c22-16-3-1-2-15(11-16)21(25)24-18-7-5-17(6-8-18)23-12-14-4-9-19-20(10-14)27-13-26-19/h1-11,23H,12-13H2,(H,24,25).